The predicted molar refractivity (Wildman–Crippen MR) is 60.0 cm³/mol. The highest BCUT2D eigenvalue weighted by Crippen LogP contribution is 2.39. The number of rotatable bonds is 2. The Morgan fingerprint density at radius 1 is 1.38 bits per heavy atom. The second-order valence-corrected chi connectivity index (χ2v) is 4.55. The van der Waals surface area contributed by atoms with Crippen LogP contribution in [0, 0.1) is 10.1 Å². The summed E-state index contributed by atoms with van der Waals surface area (Å²) in [6, 6.07) is 2.99. The molecular formula is C11H15NO4. The molecule has 0 fully saturated rings. The quantitative estimate of drug-likeness (QED) is 0.620. The van der Waals surface area contributed by atoms with Crippen molar-refractivity contribution in [1.29, 1.82) is 0 Å². The molecule has 1 aromatic rings. The van der Waals surface area contributed by atoms with Crippen LogP contribution in [0.3, 0.4) is 0 Å². The Hall–Kier alpha value is -1.78. The summed E-state index contributed by atoms with van der Waals surface area (Å²) in [4.78, 5) is 10.1. The van der Waals surface area contributed by atoms with Crippen LogP contribution in [0.1, 0.15) is 26.3 Å². The molecule has 0 aliphatic rings. The van der Waals surface area contributed by atoms with Gasteiger partial charge in [-0.2, -0.15) is 0 Å². The molecule has 0 radical (unpaired) electrons. The molecule has 0 spiro atoms. The van der Waals surface area contributed by atoms with Gasteiger partial charge in [-0.15, -0.1) is 0 Å². The van der Waals surface area contributed by atoms with Crippen LogP contribution in [0.2, 0.25) is 0 Å². The summed E-state index contributed by atoms with van der Waals surface area (Å²) in [7, 11) is 1.37. The van der Waals surface area contributed by atoms with Crippen molar-refractivity contribution in [1.82, 2.24) is 0 Å². The van der Waals surface area contributed by atoms with Gasteiger partial charge >= 0.3 is 5.69 Å². The molecule has 0 aromatic heterocycles. The third-order valence-electron chi connectivity index (χ3n) is 2.34. The molecule has 1 rings (SSSR count). The highest BCUT2D eigenvalue weighted by Gasteiger charge is 2.24. The van der Waals surface area contributed by atoms with Gasteiger partial charge in [-0.3, -0.25) is 10.1 Å². The standard InChI is InChI=1S/C11H15NO4/c1-11(2,3)7-5-8(12(14)15)10(13)9(6-7)16-4/h5-6,13H,1-4H3. The molecule has 1 N–H and O–H groups in total. The molecule has 0 aliphatic heterocycles. The van der Waals surface area contributed by atoms with Crippen LogP contribution in [-0.4, -0.2) is 17.1 Å². The van der Waals surface area contributed by atoms with Gasteiger partial charge in [0.15, 0.2) is 5.75 Å². The van der Waals surface area contributed by atoms with Crippen molar-refractivity contribution in [2.45, 2.75) is 26.2 Å². The van der Waals surface area contributed by atoms with Crippen molar-refractivity contribution in [2.24, 2.45) is 0 Å². The fraction of sp³-hybridized carbons (Fsp3) is 0.455. The van der Waals surface area contributed by atoms with Crippen molar-refractivity contribution < 1.29 is 14.8 Å². The average molecular weight is 225 g/mol. The summed E-state index contributed by atoms with van der Waals surface area (Å²) < 4.78 is 4.92. The minimum atomic E-state index is -0.618. The van der Waals surface area contributed by atoms with Gasteiger partial charge in [0, 0.05) is 6.07 Å². The van der Waals surface area contributed by atoms with Crippen LogP contribution < -0.4 is 4.74 Å². The summed E-state index contributed by atoms with van der Waals surface area (Å²) in [5.74, 6) is -0.306. The smallest absolute Gasteiger partial charge is 0.314 e. The number of aromatic hydroxyl groups is 1. The molecule has 0 saturated carbocycles. The molecule has 0 unspecified atom stereocenters. The molecule has 0 bridgehead atoms. The van der Waals surface area contributed by atoms with Crippen molar-refractivity contribution in [3.63, 3.8) is 0 Å². The van der Waals surface area contributed by atoms with Crippen LogP contribution in [0.5, 0.6) is 11.5 Å². The SMILES string of the molecule is COc1cc(C(C)(C)C)cc([N+](=O)[O-])c1O. The highest BCUT2D eigenvalue weighted by molar-refractivity contribution is 5.58. The van der Waals surface area contributed by atoms with Gasteiger partial charge in [0.25, 0.3) is 0 Å². The lowest BCUT2D eigenvalue weighted by atomic mass is 9.86. The lowest BCUT2D eigenvalue weighted by Crippen LogP contribution is -2.11. The third kappa shape index (κ3) is 2.24. The lowest BCUT2D eigenvalue weighted by molar-refractivity contribution is -0.386. The molecule has 0 saturated heterocycles. The topological polar surface area (TPSA) is 72.6 Å². The maximum absolute atomic E-state index is 10.8. The largest absolute Gasteiger partial charge is 0.500 e. The second-order valence-electron chi connectivity index (χ2n) is 4.55. The monoisotopic (exact) mass is 225 g/mol. The molecule has 5 nitrogen and oxygen atoms in total. The van der Waals surface area contributed by atoms with E-state index in [1.54, 1.807) is 6.07 Å². The summed E-state index contributed by atoms with van der Waals surface area (Å²) in [6.45, 7) is 5.80. The first-order valence-electron chi connectivity index (χ1n) is 4.83. The number of phenolic OH excluding ortho intramolecular Hbond substituents is 1. The van der Waals surface area contributed by atoms with E-state index in [-0.39, 0.29) is 16.9 Å². The average Bonchev–Trinajstić information content (AvgIpc) is 2.15. The Kier molecular flexibility index (Phi) is 3.07. The Morgan fingerprint density at radius 2 is 1.94 bits per heavy atom. The number of hydrogen-bond acceptors (Lipinski definition) is 4. The lowest BCUT2D eigenvalue weighted by Gasteiger charge is -2.19. The molecular weight excluding hydrogens is 210 g/mol. The summed E-state index contributed by atoms with van der Waals surface area (Å²) in [6.07, 6.45) is 0. The zero-order valence-electron chi connectivity index (χ0n) is 9.77. The van der Waals surface area contributed by atoms with Gasteiger partial charge in [-0.05, 0) is 17.0 Å². The molecule has 0 aliphatic carbocycles. The number of methoxy groups -OCH3 is 1. The van der Waals surface area contributed by atoms with Crippen LogP contribution >= 0.6 is 0 Å². The van der Waals surface area contributed by atoms with E-state index >= 15 is 0 Å². The summed E-state index contributed by atoms with van der Waals surface area (Å²) >= 11 is 0. The molecule has 0 heterocycles. The van der Waals surface area contributed by atoms with Crippen molar-refractivity contribution >= 4 is 5.69 Å². The Labute approximate surface area is 93.8 Å². The first kappa shape index (κ1) is 12.3. The minimum absolute atomic E-state index is 0.124. The molecule has 5 heteroatoms. The van der Waals surface area contributed by atoms with Gasteiger partial charge in [-0.1, -0.05) is 20.8 Å². The van der Waals surface area contributed by atoms with Crippen LogP contribution in [0.15, 0.2) is 12.1 Å². The van der Waals surface area contributed by atoms with E-state index in [0.29, 0.717) is 0 Å². The zero-order valence-corrected chi connectivity index (χ0v) is 9.77. The predicted octanol–water partition coefficient (Wildman–Crippen LogP) is 2.61. The summed E-state index contributed by atoms with van der Waals surface area (Å²) in [5.41, 5.74) is 0.171. The third-order valence-corrected chi connectivity index (χ3v) is 2.34. The zero-order chi connectivity index (χ0) is 12.5. The van der Waals surface area contributed by atoms with Crippen LogP contribution in [0.25, 0.3) is 0 Å². The Morgan fingerprint density at radius 3 is 2.31 bits per heavy atom. The Bertz CT molecular complexity index is 421. The number of nitro groups is 1. The van der Waals surface area contributed by atoms with E-state index in [0.717, 1.165) is 5.56 Å². The van der Waals surface area contributed by atoms with Crippen LogP contribution in [-0.2, 0) is 5.41 Å². The van der Waals surface area contributed by atoms with E-state index in [1.807, 2.05) is 20.8 Å². The Balaban J connectivity index is 3.46. The number of hydrogen-bond donors (Lipinski definition) is 1. The van der Waals surface area contributed by atoms with Gasteiger partial charge in [0.2, 0.25) is 5.75 Å². The van der Waals surface area contributed by atoms with Crippen molar-refractivity contribution in [2.75, 3.05) is 7.11 Å². The first-order chi connectivity index (χ1) is 7.27. The van der Waals surface area contributed by atoms with Crippen molar-refractivity contribution in [3.8, 4) is 11.5 Å². The molecule has 0 atom stereocenters. The number of ether oxygens (including phenoxy) is 1. The van der Waals surface area contributed by atoms with E-state index in [9.17, 15) is 15.2 Å². The van der Waals surface area contributed by atoms with E-state index in [4.69, 9.17) is 4.74 Å². The summed E-state index contributed by atoms with van der Waals surface area (Å²) in [5, 5.41) is 20.3. The van der Waals surface area contributed by atoms with Gasteiger partial charge < -0.3 is 9.84 Å². The fourth-order valence-electron chi connectivity index (χ4n) is 1.32. The van der Waals surface area contributed by atoms with Gasteiger partial charge in [0.1, 0.15) is 0 Å². The van der Waals surface area contributed by atoms with E-state index in [2.05, 4.69) is 0 Å². The van der Waals surface area contributed by atoms with Gasteiger partial charge in [0.05, 0.1) is 12.0 Å². The maximum atomic E-state index is 10.8. The van der Waals surface area contributed by atoms with Crippen molar-refractivity contribution in [3.05, 3.63) is 27.8 Å². The molecule has 1 aromatic carbocycles. The second kappa shape index (κ2) is 4.00. The van der Waals surface area contributed by atoms with Crippen LogP contribution in [0.4, 0.5) is 5.69 Å². The number of phenols is 1. The molecule has 0 amide bonds. The number of benzene rings is 1. The first-order valence-corrected chi connectivity index (χ1v) is 4.83. The number of nitrogens with zero attached hydrogens (tertiary/aromatic N) is 1. The fourth-order valence-corrected chi connectivity index (χ4v) is 1.32. The molecule has 88 valence electrons. The molecule has 16 heavy (non-hydrogen) atoms. The minimum Gasteiger partial charge on any atom is -0.500 e. The van der Waals surface area contributed by atoms with E-state index in [1.165, 1.54) is 13.2 Å². The highest BCUT2D eigenvalue weighted by atomic mass is 16.6. The normalized spacial score (nSPS) is 11.2. The maximum Gasteiger partial charge on any atom is 0.314 e. The number of nitro benzene ring substituents is 1. The van der Waals surface area contributed by atoms with Gasteiger partial charge in [-0.25, -0.2) is 0 Å². The van der Waals surface area contributed by atoms with E-state index < -0.39 is 10.7 Å².